The number of ether oxygens (including phenoxy) is 3. The Morgan fingerprint density at radius 3 is 2.32 bits per heavy atom. The molecule has 1 saturated carbocycles. The van der Waals surface area contributed by atoms with Crippen molar-refractivity contribution in [2.24, 2.45) is 0 Å². The number of rotatable bonds is 8. The molecular weight excluding hydrogens is 398 g/mol. The number of alkyl carbamates (subject to hydrolysis) is 1. The first-order valence-corrected chi connectivity index (χ1v) is 11.0. The number of hydrogen-bond donors (Lipinski definition) is 1. The van der Waals surface area contributed by atoms with Gasteiger partial charge in [0.2, 0.25) is 0 Å². The predicted molar refractivity (Wildman–Crippen MR) is 116 cm³/mol. The third-order valence-electron chi connectivity index (χ3n) is 4.96. The minimum atomic E-state index is -1.00. The third-order valence-corrected chi connectivity index (χ3v) is 4.96. The van der Waals surface area contributed by atoms with Crippen LogP contribution < -0.4 is 5.32 Å². The lowest BCUT2D eigenvalue weighted by Crippen LogP contribution is -2.44. The molecule has 0 aromatic heterocycles. The lowest BCUT2D eigenvalue weighted by molar-refractivity contribution is -0.152. The van der Waals surface area contributed by atoms with Gasteiger partial charge in [-0.1, -0.05) is 36.2 Å². The number of nitrogens with one attached hydrogen (secondary N) is 1. The van der Waals surface area contributed by atoms with Crippen LogP contribution in [0.3, 0.4) is 0 Å². The summed E-state index contributed by atoms with van der Waals surface area (Å²) < 4.78 is 16.1. The van der Waals surface area contributed by atoms with Gasteiger partial charge in [0, 0.05) is 6.42 Å². The van der Waals surface area contributed by atoms with Crippen LogP contribution in [0.25, 0.3) is 0 Å². The van der Waals surface area contributed by atoms with Gasteiger partial charge in [0.05, 0.1) is 0 Å². The fraction of sp³-hybridized carbons (Fsp3) is 0.625. The van der Waals surface area contributed by atoms with E-state index in [1.807, 2.05) is 31.2 Å². The fourth-order valence-corrected chi connectivity index (χ4v) is 3.33. The molecule has 7 nitrogen and oxygen atoms in total. The zero-order chi connectivity index (χ0) is 22.9. The van der Waals surface area contributed by atoms with Gasteiger partial charge < -0.3 is 19.5 Å². The zero-order valence-electron chi connectivity index (χ0n) is 19.1. The molecule has 1 N–H and O–H groups in total. The van der Waals surface area contributed by atoms with Gasteiger partial charge in [0.15, 0.2) is 0 Å². The molecule has 0 aliphatic heterocycles. The molecule has 0 saturated heterocycles. The molecule has 0 radical (unpaired) electrons. The second-order valence-corrected chi connectivity index (χ2v) is 9.08. The highest BCUT2D eigenvalue weighted by atomic mass is 16.6. The normalized spacial score (nSPS) is 15.6. The predicted octanol–water partition coefficient (Wildman–Crippen LogP) is 4.59. The molecule has 7 heteroatoms. The van der Waals surface area contributed by atoms with Crippen LogP contribution in [-0.2, 0) is 30.4 Å². The summed E-state index contributed by atoms with van der Waals surface area (Å²) in [4.78, 5) is 37.1. The van der Waals surface area contributed by atoms with Gasteiger partial charge in [0.25, 0.3) is 0 Å². The lowest BCUT2D eigenvalue weighted by atomic mass is 9.98. The Balaban J connectivity index is 1.92. The molecular formula is C24H35NO6. The van der Waals surface area contributed by atoms with Gasteiger partial charge >= 0.3 is 18.0 Å². The Labute approximate surface area is 184 Å². The Bertz CT molecular complexity index is 731. The molecule has 0 spiro atoms. The van der Waals surface area contributed by atoms with Crippen LogP contribution in [0.4, 0.5) is 4.79 Å². The summed E-state index contributed by atoms with van der Waals surface area (Å²) in [6, 6.07) is 6.61. The number of amides is 1. The summed E-state index contributed by atoms with van der Waals surface area (Å²) in [6.45, 7) is 7.26. The van der Waals surface area contributed by atoms with Crippen LogP contribution >= 0.6 is 0 Å². The molecule has 1 amide bonds. The first-order valence-electron chi connectivity index (χ1n) is 11.0. The van der Waals surface area contributed by atoms with E-state index in [4.69, 9.17) is 14.2 Å². The van der Waals surface area contributed by atoms with Crippen LogP contribution in [0.2, 0.25) is 0 Å². The molecule has 1 aliphatic carbocycles. The van der Waals surface area contributed by atoms with Gasteiger partial charge in [-0.3, -0.25) is 4.79 Å². The van der Waals surface area contributed by atoms with Crippen molar-refractivity contribution in [1.29, 1.82) is 0 Å². The SMILES string of the molecule is Cc1ccc(COC(=O)[C@H](CCC(=O)OC2CCCCC2)NC(=O)OC(C)(C)C)cc1. The average molecular weight is 434 g/mol. The largest absolute Gasteiger partial charge is 0.462 e. The standard InChI is InChI=1S/C24H35NO6/c1-17-10-12-18(13-11-17)16-29-22(27)20(25-23(28)31-24(2,3)4)14-15-21(26)30-19-8-6-5-7-9-19/h10-13,19-20H,5-9,14-16H2,1-4H3,(H,25,28)/t20-/m0/s1. The van der Waals surface area contributed by atoms with Crippen LogP contribution in [0.5, 0.6) is 0 Å². The summed E-state index contributed by atoms with van der Waals surface area (Å²) in [7, 11) is 0. The fourth-order valence-electron chi connectivity index (χ4n) is 3.33. The van der Waals surface area contributed by atoms with Gasteiger partial charge in [-0.05, 0) is 65.4 Å². The molecule has 0 unspecified atom stereocenters. The minimum Gasteiger partial charge on any atom is -0.462 e. The van der Waals surface area contributed by atoms with E-state index in [-0.39, 0.29) is 31.5 Å². The molecule has 0 bridgehead atoms. The van der Waals surface area contributed by atoms with E-state index in [1.165, 1.54) is 6.42 Å². The van der Waals surface area contributed by atoms with E-state index in [0.29, 0.717) is 0 Å². The van der Waals surface area contributed by atoms with Crippen LogP contribution in [0.1, 0.15) is 76.8 Å². The van der Waals surface area contributed by atoms with Crippen LogP contribution in [0.15, 0.2) is 24.3 Å². The quantitative estimate of drug-likeness (QED) is 0.476. The van der Waals surface area contributed by atoms with Gasteiger partial charge in [0.1, 0.15) is 24.4 Å². The van der Waals surface area contributed by atoms with Crippen molar-refractivity contribution in [1.82, 2.24) is 5.32 Å². The molecule has 1 fully saturated rings. The van der Waals surface area contributed by atoms with Gasteiger partial charge in [-0.2, -0.15) is 0 Å². The number of carbonyl (C=O) groups excluding carboxylic acids is 3. The number of hydrogen-bond acceptors (Lipinski definition) is 6. The number of aryl methyl sites for hydroxylation is 1. The molecule has 1 aromatic carbocycles. The second kappa shape index (κ2) is 11.7. The molecule has 1 aliphatic rings. The first-order chi connectivity index (χ1) is 14.6. The van der Waals surface area contributed by atoms with E-state index in [0.717, 1.165) is 36.8 Å². The maximum atomic E-state index is 12.6. The monoisotopic (exact) mass is 433 g/mol. The minimum absolute atomic E-state index is 0.0105. The van der Waals surface area contributed by atoms with Crippen molar-refractivity contribution in [3.63, 3.8) is 0 Å². The molecule has 2 rings (SSSR count). The molecule has 31 heavy (non-hydrogen) atoms. The molecule has 172 valence electrons. The van der Waals surface area contributed by atoms with Gasteiger partial charge in [-0.25, -0.2) is 9.59 Å². The van der Waals surface area contributed by atoms with E-state index in [1.54, 1.807) is 20.8 Å². The highest BCUT2D eigenvalue weighted by molar-refractivity contribution is 5.82. The number of esters is 2. The zero-order valence-corrected chi connectivity index (χ0v) is 19.1. The second-order valence-electron chi connectivity index (χ2n) is 9.08. The highest BCUT2D eigenvalue weighted by Gasteiger charge is 2.27. The summed E-state index contributed by atoms with van der Waals surface area (Å²) in [6.07, 6.45) is 4.36. The lowest BCUT2D eigenvalue weighted by Gasteiger charge is -2.24. The number of carbonyl (C=O) groups is 3. The summed E-state index contributed by atoms with van der Waals surface area (Å²) in [5, 5.41) is 2.53. The summed E-state index contributed by atoms with van der Waals surface area (Å²) in [5.41, 5.74) is 1.24. The molecule has 1 atom stereocenters. The van der Waals surface area contributed by atoms with E-state index in [2.05, 4.69) is 5.32 Å². The molecule has 0 heterocycles. The van der Waals surface area contributed by atoms with E-state index < -0.39 is 23.7 Å². The highest BCUT2D eigenvalue weighted by Crippen LogP contribution is 2.21. The average Bonchev–Trinajstić information content (AvgIpc) is 2.70. The molecule has 1 aromatic rings. The van der Waals surface area contributed by atoms with Crippen molar-refractivity contribution >= 4 is 18.0 Å². The van der Waals surface area contributed by atoms with Crippen molar-refractivity contribution in [3.05, 3.63) is 35.4 Å². The Morgan fingerprint density at radius 1 is 1.06 bits per heavy atom. The Morgan fingerprint density at radius 2 is 1.71 bits per heavy atom. The number of benzene rings is 1. The third kappa shape index (κ3) is 9.85. The van der Waals surface area contributed by atoms with Crippen LogP contribution in [0, 0.1) is 6.92 Å². The smallest absolute Gasteiger partial charge is 0.408 e. The first kappa shape index (κ1) is 24.7. The summed E-state index contributed by atoms with van der Waals surface area (Å²) in [5.74, 6) is -0.980. The maximum Gasteiger partial charge on any atom is 0.408 e. The van der Waals surface area contributed by atoms with E-state index >= 15 is 0 Å². The van der Waals surface area contributed by atoms with Crippen molar-refractivity contribution < 1.29 is 28.6 Å². The Hall–Kier alpha value is -2.57. The van der Waals surface area contributed by atoms with E-state index in [9.17, 15) is 14.4 Å². The topological polar surface area (TPSA) is 90.9 Å². The van der Waals surface area contributed by atoms with Crippen molar-refractivity contribution in [2.75, 3.05) is 0 Å². The van der Waals surface area contributed by atoms with Crippen molar-refractivity contribution in [3.8, 4) is 0 Å². The maximum absolute atomic E-state index is 12.6. The van der Waals surface area contributed by atoms with Gasteiger partial charge in [-0.15, -0.1) is 0 Å². The van der Waals surface area contributed by atoms with Crippen molar-refractivity contribution in [2.45, 2.75) is 97.0 Å². The van der Waals surface area contributed by atoms with Crippen LogP contribution in [-0.4, -0.2) is 35.8 Å². The summed E-state index contributed by atoms with van der Waals surface area (Å²) >= 11 is 0. The Kier molecular flexibility index (Phi) is 9.34.